The maximum absolute atomic E-state index is 11.8. The molecule has 0 atom stereocenters. The Labute approximate surface area is 114 Å². The highest BCUT2D eigenvalue weighted by atomic mass is 16.6. The molecule has 0 aliphatic carbocycles. The van der Waals surface area contributed by atoms with Gasteiger partial charge < -0.3 is 19.7 Å². The molecule has 0 aliphatic rings. The van der Waals surface area contributed by atoms with Crippen LogP contribution in [-0.4, -0.2) is 40.8 Å². The third-order valence-electron chi connectivity index (χ3n) is 2.37. The molecule has 2 N–H and O–H groups in total. The summed E-state index contributed by atoms with van der Waals surface area (Å²) in [5.41, 5.74) is 0.670. The number of nitrogens with zero attached hydrogens (tertiary/aromatic N) is 1. The summed E-state index contributed by atoms with van der Waals surface area (Å²) in [5.74, 6) is 0. The van der Waals surface area contributed by atoms with E-state index in [0.717, 1.165) is 5.56 Å². The average Bonchev–Trinajstić information content (AvgIpc) is 2.27. The van der Waals surface area contributed by atoms with Gasteiger partial charge in [-0.05, 0) is 31.8 Å². The molecule has 1 amide bonds. The predicted octanol–water partition coefficient (Wildman–Crippen LogP) is 0.733. The van der Waals surface area contributed by atoms with Gasteiger partial charge in [0.15, 0.2) is 0 Å². The van der Waals surface area contributed by atoms with Gasteiger partial charge in [0.05, 0.1) is 0 Å². The topological polar surface area (TPSA) is 70.0 Å². The molecule has 5 nitrogen and oxygen atoms in total. The van der Waals surface area contributed by atoms with Crippen LogP contribution in [0.15, 0.2) is 24.3 Å². The fourth-order valence-electron chi connectivity index (χ4n) is 1.53. The Kier molecular flexibility index (Phi) is 4.97. The lowest BCUT2D eigenvalue weighted by molar-refractivity contribution is 0.0285. The summed E-state index contributed by atoms with van der Waals surface area (Å²) in [6.45, 7) is 5.76. The van der Waals surface area contributed by atoms with Gasteiger partial charge in [0.25, 0.3) is 0 Å². The van der Waals surface area contributed by atoms with Crippen molar-refractivity contribution in [3.8, 4) is 0 Å². The van der Waals surface area contributed by atoms with E-state index in [1.54, 1.807) is 25.2 Å². The van der Waals surface area contributed by atoms with Gasteiger partial charge in [-0.15, -0.1) is 0 Å². The molecule has 0 aliphatic heterocycles. The summed E-state index contributed by atoms with van der Waals surface area (Å²) in [5, 5.41) is 18.2. The van der Waals surface area contributed by atoms with Crippen LogP contribution in [0, 0.1) is 0 Å². The Bertz CT molecular complexity index is 443. The quantitative estimate of drug-likeness (QED) is 0.790. The predicted molar refractivity (Wildman–Crippen MR) is 74.0 cm³/mol. The lowest BCUT2D eigenvalue weighted by Crippen LogP contribution is -2.34. The number of benzene rings is 1. The Hall–Kier alpha value is -1.53. The van der Waals surface area contributed by atoms with Gasteiger partial charge in [-0.3, -0.25) is 0 Å². The maximum Gasteiger partial charge on any atom is 0.488 e. The van der Waals surface area contributed by atoms with Gasteiger partial charge in [-0.25, -0.2) is 4.79 Å². The Balaban J connectivity index is 2.69. The Morgan fingerprint density at radius 2 is 2.00 bits per heavy atom. The van der Waals surface area contributed by atoms with Crippen molar-refractivity contribution < 1.29 is 19.6 Å². The van der Waals surface area contributed by atoms with Crippen LogP contribution in [0.4, 0.5) is 4.79 Å². The second-order valence-electron chi connectivity index (χ2n) is 5.46. The summed E-state index contributed by atoms with van der Waals surface area (Å²) in [7, 11) is 0.127. The Morgan fingerprint density at radius 3 is 2.53 bits per heavy atom. The minimum absolute atomic E-state index is 0.343. The van der Waals surface area contributed by atoms with Gasteiger partial charge in [-0.1, -0.05) is 24.3 Å². The van der Waals surface area contributed by atoms with Crippen molar-refractivity contribution in [2.45, 2.75) is 32.9 Å². The van der Waals surface area contributed by atoms with Crippen LogP contribution in [-0.2, 0) is 11.3 Å². The summed E-state index contributed by atoms with van der Waals surface area (Å²) in [6.07, 6.45) is -0.414. The van der Waals surface area contributed by atoms with E-state index < -0.39 is 18.8 Å². The lowest BCUT2D eigenvalue weighted by Gasteiger charge is -2.24. The first kappa shape index (κ1) is 15.5. The summed E-state index contributed by atoms with van der Waals surface area (Å²) >= 11 is 0. The van der Waals surface area contributed by atoms with Crippen LogP contribution < -0.4 is 5.46 Å². The molecule has 0 bridgehead atoms. The molecule has 1 rings (SSSR count). The number of carbonyl (C=O) groups excluding carboxylic acids is 1. The molecule has 0 saturated heterocycles. The first-order valence-corrected chi connectivity index (χ1v) is 6.08. The summed E-state index contributed by atoms with van der Waals surface area (Å²) in [6, 6.07) is 6.78. The van der Waals surface area contributed by atoms with E-state index in [1.807, 2.05) is 26.8 Å². The SMILES string of the molecule is CN(Cc1cccc(B(O)O)c1)C(=O)OC(C)(C)C. The monoisotopic (exact) mass is 265 g/mol. The molecular weight excluding hydrogens is 245 g/mol. The van der Waals surface area contributed by atoms with Crippen molar-refractivity contribution in [2.75, 3.05) is 7.05 Å². The van der Waals surface area contributed by atoms with Crippen LogP contribution in [0.2, 0.25) is 0 Å². The minimum atomic E-state index is -1.51. The zero-order valence-corrected chi connectivity index (χ0v) is 11.8. The van der Waals surface area contributed by atoms with Crippen molar-refractivity contribution >= 4 is 18.7 Å². The molecule has 104 valence electrons. The summed E-state index contributed by atoms with van der Waals surface area (Å²) < 4.78 is 5.24. The lowest BCUT2D eigenvalue weighted by atomic mass is 9.79. The second-order valence-corrected chi connectivity index (χ2v) is 5.46. The van der Waals surface area contributed by atoms with Crippen molar-refractivity contribution in [1.82, 2.24) is 4.90 Å². The van der Waals surface area contributed by atoms with E-state index in [1.165, 1.54) is 4.90 Å². The standard InChI is InChI=1S/C13H20BNO4/c1-13(2,3)19-12(16)15(4)9-10-6-5-7-11(8-10)14(17)18/h5-8,17-18H,9H2,1-4H3. The molecule has 0 saturated carbocycles. The highest BCUT2D eigenvalue weighted by Gasteiger charge is 2.20. The van der Waals surface area contributed by atoms with Crippen molar-refractivity contribution in [3.05, 3.63) is 29.8 Å². The molecular formula is C13H20BNO4. The van der Waals surface area contributed by atoms with Crippen LogP contribution in [0.5, 0.6) is 0 Å². The molecule has 1 aromatic rings. The van der Waals surface area contributed by atoms with Gasteiger partial charge in [0.1, 0.15) is 5.60 Å². The molecule has 0 spiro atoms. The molecule has 0 aromatic heterocycles. The first-order chi connectivity index (χ1) is 8.69. The largest absolute Gasteiger partial charge is 0.488 e. The van der Waals surface area contributed by atoms with Gasteiger partial charge >= 0.3 is 13.2 Å². The van der Waals surface area contributed by atoms with E-state index in [2.05, 4.69) is 0 Å². The van der Waals surface area contributed by atoms with Crippen LogP contribution in [0.3, 0.4) is 0 Å². The van der Waals surface area contributed by atoms with Crippen LogP contribution in [0.25, 0.3) is 0 Å². The van der Waals surface area contributed by atoms with Gasteiger partial charge in [0, 0.05) is 13.6 Å². The zero-order valence-electron chi connectivity index (χ0n) is 11.8. The molecule has 0 unspecified atom stereocenters. The normalized spacial score (nSPS) is 11.1. The molecule has 0 heterocycles. The fraction of sp³-hybridized carbons (Fsp3) is 0.462. The van der Waals surface area contributed by atoms with Gasteiger partial charge in [0.2, 0.25) is 0 Å². The number of carbonyl (C=O) groups is 1. The number of amides is 1. The van der Waals surface area contributed by atoms with E-state index in [9.17, 15) is 4.79 Å². The number of hydrogen-bond acceptors (Lipinski definition) is 4. The van der Waals surface area contributed by atoms with E-state index in [4.69, 9.17) is 14.8 Å². The zero-order chi connectivity index (χ0) is 14.6. The van der Waals surface area contributed by atoms with Crippen LogP contribution in [0.1, 0.15) is 26.3 Å². The molecule has 0 fully saturated rings. The van der Waals surface area contributed by atoms with Crippen molar-refractivity contribution in [1.29, 1.82) is 0 Å². The van der Waals surface area contributed by atoms with Gasteiger partial charge in [-0.2, -0.15) is 0 Å². The molecule has 19 heavy (non-hydrogen) atoms. The third-order valence-corrected chi connectivity index (χ3v) is 2.37. The van der Waals surface area contributed by atoms with Crippen molar-refractivity contribution in [2.24, 2.45) is 0 Å². The second kappa shape index (κ2) is 6.08. The smallest absolute Gasteiger partial charge is 0.444 e. The van der Waals surface area contributed by atoms with Crippen molar-refractivity contribution in [3.63, 3.8) is 0 Å². The van der Waals surface area contributed by atoms with E-state index >= 15 is 0 Å². The number of hydrogen-bond donors (Lipinski definition) is 2. The molecule has 0 radical (unpaired) electrons. The summed E-state index contributed by atoms with van der Waals surface area (Å²) in [4.78, 5) is 13.2. The fourth-order valence-corrected chi connectivity index (χ4v) is 1.53. The average molecular weight is 265 g/mol. The number of rotatable bonds is 3. The van der Waals surface area contributed by atoms with Crippen LogP contribution >= 0.6 is 0 Å². The minimum Gasteiger partial charge on any atom is -0.444 e. The highest BCUT2D eigenvalue weighted by Crippen LogP contribution is 2.11. The maximum atomic E-state index is 11.8. The van der Waals surface area contributed by atoms with E-state index in [-0.39, 0.29) is 0 Å². The first-order valence-electron chi connectivity index (χ1n) is 6.08. The number of ether oxygens (including phenoxy) is 1. The Morgan fingerprint density at radius 1 is 1.37 bits per heavy atom. The third kappa shape index (κ3) is 5.32. The molecule has 6 heteroatoms. The highest BCUT2D eigenvalue weighted by molar-refractivity contribution is 6.58. The molecule has 1 aromatic carbocycles. The van der Waals surface area contributed by atoms with E-state index in [0.29, 0.717) is 12.0 Å².